The van der Waals surface area contributed by atoms with E-state index in [9.17, 15) is 19.2 Å². The van der Waals surface area contributed by atoms with E-state index in [-0.39, 0.29) is 31.7 Å². The van der Waals surface area contributed by atoms with E-state index in [0.717, 1.165) is 0 Å². The van der Waals surface area contributed by atoms with Crippen LogP contribution in [0.1, 0.15) is 32.6 Å². The maximum atomic E-state index is 10.5. The van der Waals surface area contributed by atoms with Crippen LogP contribution in [0.2, 0.25) is 0 Å². The van der Waals surface area contributed by atoms with Crippen molar-refractivity contribution in [2.75, 3.05) is 13.7 Å². The molecule has 0 saturated carbocycles. The van der Waals surface area contributed by atoms with Crippen LogP contribution >= 0.6 is 23.2 Å². The molecule has 0 saturated heterocycles. The molecule has 8 heteroatoms. The summed E-state index contributed by atoms with van der Waals surface area (Å²) in [5.41, 5.74) is 0. The average molecular weight is 315 g/mol. The maximum Gasteiger partial charge on any atom is 0.306 e. The summed E-state index contributed by atoms with van der Waals surface area (Å²) in [6.07, 6.45) is 0.254. The molecule has 6 nitrogen and oxygen atoms in total. The zero-order valence-corrected chi connectivity index (χ0v) is 12.3. The van der Waals surface area contributed by atoms with Gasteiger partial charge < -0.3 is 9.47 Å². The number of methoxy groups -OCH3 is 1. The van der Waals surface area contributed by atoms with E-state index in [0.29, 0.717) is 6.61 Å². The lowest BCUT2D eigenvalue weighted by atomic mass is 10.3. The molecular formula is C11H16Cl2O6. The molecule has 0 rings (SSSR count). The number of rotatable bonds is 7. The molecule has 110 valence electrons. The van der Waals surface area contributed by atoms with Gasteiger partial charge in [0.25, 0.3) is 0 Å². The van der Waals surface area contributed by atoms with E-state index >= 15 is 0 Å². The van der Waals surface area contributed by atoms with Crippen LogP contribution in [0, 0.1) is 0 Å². The lowest BCUT2D eigenvalue weighted by Gasteiger charge is -1.97. The Morgan fingerprint density at radius 1 is 0.842 bits per heavy atom. The first kappa shape index (κ1) is 20.2. The predicted molar refractivity (Wildman–Crippen MR) is 68.8 cm³/mol. The minimum Gasteiger partial charge on any atom is -0.469 e. The summed E-state index contributed by atoms with van der Waals surface area (Å²) in [4.78, 5) is 40.9. The van der Waals surface area contributed by atoms with Crippen molar-refractivity contribution >= 4 is 45.6 Å². The fourth-order valence-electron chi connectivity index (χ4n) is 0.736. The SMILES string of the molecule is CCOC(=O)CCC(=O)Cl.COC(=O)CCC(=O)Cl. The van der Waals surface area contributed by atoms with Crippen LogP contribution in [0.15, 0.2) is 0 Å². The van der Waals surface area contributed by atoms with Crippen molar-refractivity contribution in [1.82, 2.24) is 0 Å². The first-order valence-corrected chi connectivity index (χ1v) is 6.18. The second kappa shape index (κ2) is 13.3. The van der Waals surface area contributed by atoms with Gasteiger partial charge in [0.2, 0.25) is 10.5 Å². The summed E-state index contributed by atoms with van der Waals surface area (Å²) >= 11 is 9.91. The molecule has 0 atom stereocenters. The van der Waals surface area contributed by atoms with Crippen LogP contribution in [-0.2, 0) is 28.7 Å². The molecule has 0 aromatic rings. The van der Waals surface area contributed by atoms with Crippen LogP contribution in [0.25, 0.3) is 0 Å². The Kier molecular flexibility index (Phi) is 14.1. The molecule has 19 heavy (non-hydrogen) atoms. The summed E-state index contributed by atoms with van der Waals surface area (Å²) in [5, 5.41) is -1.02. The van der Waals surface area contributed by atoms with Crippen molar-refractivity contribution < 1.29 is 28.7 Å². The lowest BCUT2D eigenvalue weighted by Crippen LogP contribution is -2.04. The van der Waals surface area contributed by atoms with Crippen molar-refractivity contribution in [1.29, 1.82) is 0 Å². The Bertz CT molecular complexity index is 316. The van der Waals surface area contributed by atoms with Gasteiger partial charge in [-0.15, -0.1) is 0 Å². The van der Waals surface area contributed by atoms with E-state index in [4.69, 9.17) is 23.2 Å². The monoisotopic (exact) mass is 314 g/mol. The minimum atomic E-state index is -0.514. The van der Waals surface area contributed by atoms with Crippen LogP contribution in [0.5, 0.6) is 0 Å². The zero-order chi connectivity index (χ0) is 15.3. The minimum absolute atomic E-state index is 0.0498. The fraction of sp³-hybridized carbons (Fsp3) is 0.636. The number of carbonyl (C=O) groups excluding carboxylic acids is 4. The zero-order valence-electron chi connectivity index (χ0n) is 10.7. The fourth-order valence-corrected chi connectivity index (χ4v) is 0.925. The van der Waals surface area contributed by atoms with Gasteiger partial charge in [-0.1, -0.05) is 0 Å². The van der Waals surface area contributed by atoms with Gasteiger partial charge in [0.15, 0.2) is 0 Å². The second-order valence-electron chi connectivity index (χ2n) is 3.09. The van der Waals surface area contributed by atoms with Crippen LogP contribution in [0.4, 0.5) is 0 Å². The number of hydrogen-bond acceptors (Lipinski definition) is 6. The molecule has 0 fully saturated rings. The van der Waals surface area contributed by atoms with Gasteiger partial charge in [-0.25, -0.2) is 0 Å². The van der Waals surface area contributed by atoms with Crippen molar-refractivity contribution in [3.8, 4) is 0 Å². The number of carbonyl (C=O) groups is 4. The van der Waals surface area contributed by atoms with Crippen molar-refractivity contribution in [2.24, 2.45) is 0 Å². The molecule has 0 amide bonds. The number of ether oxygens (including phenoxy) is 2. The van der Waals surface area contributed by atoms with Gasteiger partial charge in [0.05, 0.1) is 26.6 Å². The van der Waals surface area contributed by atoms with Gasteiger partial charge in [0, 0.05) is 12.8 Å². The van der Waals surface area contributed by atoms with E-state index in [1.54, 1.807) is 6.92 Å². The van der Waals surface area contributed by atoms with Gasteiger partial charge in [-0.3, -0.25) is 19.2 Å². The Balaban J connectivity index is 0. The Hall–Kier alpha value is -1.14. The third-order valence-corrected chi connectivity index (χ3v) is 1.96. The first-order valence-electron chi connectivity index (χ1n) is 5.42. The number of halogens is 2. The number of hydrogen-bond donors (Lipinski definition) is 0. The van der Waals surface area contributed by atoms with E-state index in [2.05, 4.69) is 9.47 Å². The van der Waals surface area contributed by atoms with Crippen LogP contribution in [-0.4, -0.2) is 36.1 Å². The largest absolute Gasteiger partial charge is 0.469 e. The standard InChI is InChI=1S/C6H9ClO3.C5H7ClO3/c1-2-10-6(9)4-3-5(7)8;1-9-5(8)3-2-4(6)7/h2-4H2,1H3;2-3H2,1H3. The maximum absolute atomic E-state index is 10.5. The summed E-state index contributed by atoms with van der Waals surface area (Å²) < 4.78 is 8.79. The van der Waals surface area contributed by atoms with Crippen molar-refractivity contribution in [3.05, 3.63) is 0 Å². The summed E-state index contributed by atoms with van der Waals surface area (Å²) in [7, 11) is 1.26. The summed E-state index contributed by atoms with van der Waals surface area (Å²) in [6, 6.07) is 0. The molecule has 0 radical (unpaired) electrons. The highest BCUT2D eigenvalue weighted by Gasteiger charge is 2.04. The normalized spacial score (nSPS) is 8.84. The number of esters is 2. The Morgan fingerprint density at radius 2 is 1.26 bits per heavy atom. The molecule has 0 spiro atoms. The highest BCUT2D eigenvalue weighted by atomic mass is 35.5. The Morgan fingerprint density at radius 3 is 1.58 bits per heavy atom. The van der Waals surface area contributed by atoms with Crippen molar-refractivity contribution in [2.45, 2.75) is 32.6 Å². The van der Waals surface area contributed by atoms with E-state index < -0.39 is 16.5 Å². The molecule has 0 N–H and O–H groups in total. The van der Waals surface area contributed by atoms with Gasteiger partial charge in [-0.2, -0.15) is 0 Å². The molecule has 0 aromatic carbocycles. The third kappa shape index (κ3) is 19.4. The average Bonchev–Trinajstić information content (AvgIpc) is 2.34. The topological polar surface area (TPSA) is 86.7 Å². The predicted octanol–water partition coefficient (Wildman–Crippen LogP) is 1.80. The van der Waals surface area contributed by atoms with Crippen LogP contribution in [0.3, 0.4) is 0 Å². The van der Waals surface area contributed by atoms with Gasteiger partial charge in [-0.05, 0) is 30.1 Å². The summed E-state index contributed by atoms with van der Waals surface area (Å²) in [6.45, 7) is 2.05. The molecule has 0 aliphatic heterocycles. The third-order valence-electron chi connectivity index (χ3n) is 1.58. The molecule has 0 unspecified atom stereocenters. The molecule has 0 heterocycles. The highest BCUT2D eigenvalue weighted by molar-refractivity contribution is 6.63. The van der Waals surface area contributed by atoms with E-state index in [1.165, 1.54) is 7.11 Å². The quantitative estimate of drug-likeness (QED) is 0.526. The molecule has 0 aliphatic rings. The second-order valence-corrected chi connectivity index (χ2v) is 3.93. The van der Waals surface area contributed by atoms with Gasteiger partial charge >= 0.3 is 11.9 Å². The van der Waals surface area contributed by atoms with Gasteiger partial charge in [0.1, 0.15) is 0 Å². The lowest BCUT2D eigenvalue weighted by molar-refractivity contribution is -0.144. The Labute approximate surface area is 121 Å². The molecule has 0 aromatic heterocycles. The van der Waals surface area contributed by atoms with Crippen LogP contribution < -0.4 is 0 Å². The molecule has 0 aliphatic carbocycles. The highest BCUT2D eigenvalue weighted by Crippen LogP contribution is 1.96. The van der Waals surface area contributed by atoms with Crippen molar-refractivity contribution in [3.63, 3.8) is 0 Å². The van der Waals surface area contributed by atoms with E-state index in [1.807, 2.05) is 0 Å². The first-order chi connectivity index (χ1) is 8.83. The molecule has 0 bridgehead atoms. The molecular weight excluding hydrogens is 299 g/mol. The summed E-state index contributed by atoms with van der Waals surface area (Å²) in [5.74, 6) is -0.791. The smallest absolute Gasteiger partial charge is 0.306 e.